The minimum atomic E-state index is -2.99. The maximum atomic E-state index is 12.5. The molecule has 2 aromatic carbocycles. The maximum absolute atomic E-state index is 12.5. The zero-order valence-electron chi connectivity index (χ0n) is 14.6. The van der Waals surface area contributed by atoms with Crippen molar-refractivity contribution in [2.24, 2.45) is 0 Å². The van der Waals surface area contributed by atoms with Gasteiger partial charge in [0, 0.05) is 29.9 Å². The number of carbonyl (C=O) groups excluding carboxylic acids is 2. The first kappa shape index (κ1) is 18.6. The Morgan fingerprint density at radius 2 is 2.00 bits per heavy atom. The molecule has 6 nitrogen and oxygen atoms in total. The molecule has 1 aliphatic heterocycles. The van der Waals surface area contributed by atoms with E-state index in [0.717, 1.165) is 6.42 Å². The number of halogens is 2. The molecule has 27 heavy (non-hydrogen) atoms. The van der Waals surface area contributed by atoms with Crippen molar-refractivity contribution in [1.29, 1.82) is 0 Å². The molecule has 0 unspecified atom stereocenters. The van der Waals surface area contributed by atoms with Crippen LogP contribution in [-0.4, -0.2) is 32.1 Å². The lowest BCUT2D eigenvalue weighted by atomic mass is 10.1. The third kappa shape index (κ3) is 4.33. The summed E-state index contributed by atoms with van der Waals surface area (Å²) < 4.78 is 34.1. The first-order valence-electron chi connectivity index (χ1n) is 8.32. The van der Waals surface area contributed by atoms with Gasteiger partial charge < -0.3 is 19.7 Å². The van der Waals surface area contributed by atoms with Crippen LogP contribution in [0.3, 0.4) is 0 Å². The summed E-state index contributed by atoms with van der Waals surface area (Å²) in [5.41, 5.74) is 1.45. The van der Waals surface area contributed by atoms with Gasteiger partial charge in [0.05, 0.1) is 7.11 Å². The number of nitrogens with zero attached hydrogens (tertiary/aromatic N) is 1. The molecule has 0 aliphatic carbocycles. The van der Waals surface area contributed by atoms with Crippen molar-refractivity contribution in [3.05, 3.63) is 48.0 Å². The monoisotopic (exact) mass is 376 g/mol. The van der Waals surface area contributed by atoms with Gasteiger partial charge in [-0.1, -0.05) is 6.07 Å². The maximum Gasteiger partial charge on any atom is 0.387 e. The van der Waals surface area contributed by atoms with E-state index >= 15 is 0 Å². The average Bonchev–Trinajstić information content (AvgIpc) is 3.07. The number of amides is 2. The second kappa shape index (κ2) is 8.03. The predicted octanol–water partition coefficient (Wildman–Crippen LogP) is 3.68. The van der Waals surface area contributed by atoms with E-state index in [1.54, 1.807) is 29.2 Å². The Morgan fingerprint density at radius 1 is 1.19 bits per heavy atom. The van der Waals surface area contributed by atoms with E-state index in [4.69, 9.17) is 4.74 Å². The largest absolute Gasteiger partial charge is 0.493 e. The van der Waals surface area contributed by atoms with Gasteiger partial charge in [0.2, 0.25) is 5.91 Å². The zero-order chi connectivity index (χ0) is 19.4. The van der Waals surface area contributed by atoms with Crippen LogP contribution in [0.1, 0.15) is 23.2 Å². The van der Waals surface area contributed by atoms with Crippen LogP contribution in [0.4, 0.5) is 20.2 Å². The molecule has 8 heteroatoms. The molecule has 1 fully saturated rings. The summed E-state index contributed by atoms with van der Waals surface area (Å²) in [4.78, 5) is 26.0. The normalized spacial score (nSPS) is 13.8. The highest BCUT2D eigenvalue weighted by Gasteiger charge is 2.22. The van der Waals surface area contributed by atoms with Gasteiger partial charge >= 0.3 is 6.61 Å². The number of rotatable bonds is 6. The number of methoxy groups -OCH3 is 1. The molecule has 2 amide bonds. The zero-order valence-corrected chi connectivity index (χ0v) is 14.6. The molecule has 3 rings (SSSR count). The quantitative estimate of drug-likeness (QED) is 0.835. The Balaban J connectivity index is 1.76. The van der Waals surface area contributed by atoms with Crippen LogP contribution >= 0.6 is 0 Å². The van der Waals surface area contributed by atoms with E-state index in [1.807, 2.05) is 0 Å². The van der Waals surface area contributed by atoms with Crippen LogP contribution in [0.2, 0.25) is 0 Å². The number of ether oxygens (including phenoxy) is 2. The van der Waals surface area contributed by atoms with Crippen molar-refractivity contribution >= 4 is 23.2 Å². The molecule has 2 aromatic rings. The summed E-state index contributed by atoms with van der Waals surface area (Å²) in [6.45, 7) is -2.34. The molecule has 0 atom stereocenters. The van der Waals surface area contributed by atoms with E-state index in [0.29, 0.717) is 24.3 Å². The number of alkyl halides is 2. The van der Waals surface area contributed by atoms with Crippen molar-refractivity contribution in [3.63, 3.8) is 0 Å². The Kier molecular flexibility index (Phi) is 5.54. The lowest BCUT2D eigenvalue weighted by Gasteiger charge is -2.17. The van der Waals surface area contributed by atoms with Crippen molar-refractivity contribution < 1.29 is 27.8 Å². The number of carbonyl (C=O) groups is 2. The fourth-order valence-corrected chi connectivity index (χ4v) is 2.88. The Hall–Kier alpha value is -3.16. The average molecular weight is 376 g/mol. The summed E-state index contributed by atoms with van der Waals surface area (Å²) >= 11 is 0. The number of nitrogens with one attached hydrogen (secondary N) is 1. The molecule has 0 saturated carbocycles. The first-order chi connectivity index (χ1) is 13.0. The van der Waals surface area contributed by atoms with Crippen LogP contribution < -0.4 is 19.7 Å². The Labute approximate surface area is 154 Å². The summed E-state index contributed by atoms with van der Waals surface area (Å²) in [5.74, 6) is -0.516. The van der Waals surface area contributed by atoms with E-state index in [1.165, 1.54) is 25.3 Å². The molecule has 0 aromatic heterocycles. The second-order valence-electron chi connectivity index (χ2n) is 5.90. The highest BCUT2D eigenvalue weighted by atomic mass is 19.3. The summed E-state index contributed by atoms with van der Waals surface area (Å²) in [6, 6.07) is 10.9. The molecule has 0 spiro atoms. The molecule has 0 radical (unpaired) electrons. The van der Waals surface area contributed by atoms with Gasteiger partial charge in [0.25, 0.3) is 5.91 Å². The standard InChI is InChI=1S/C19H18F2N2O4/c1-26-16-10-12(7-8-15(16)27-19(20)21)18(25)22-13-4-2-5-14(11-13)23-9-3-6-17(23)24/h2,4-5,7-8,10-11,19H,3,6,9H2,1H3,(H,22,25). The number of hydrogen-bond acceptors (Lipinski definition) is 4. The lowest BCUT2D eigenvalue weighted by Crippen LogP contribution is -2.23. The summed E-state index contributed by atoms with van der Waals surface area (Å²) in [5, 5.41) is 2.73. The fourth-order valence-electron chi connectivity index (χ4n) is 2.88. The van der Waals surface area contributed by atoms with Gasteiger partial charge in [-0.25, -0.2) is 0 Å². The van der Waals surface area contributed by atoms with Gasteiger partial charge in [0.1, 0.15) is 0 Å². The van der Waals surface area contributed by atoms with E-state index in [-0.39, 0.29) is 23.0 Å². The van der Waals surface area contributed by atoms with Gasteiger partial charge in [-0.05, 0) is 42.8 Å². The van der Waals surface area contributed by atoms with Crippen LogP contribution in [0.5, 0.6) is 11.5 Å². The Bertz CT molecular complexity index is 857. The van der Waals surface area contributed by atoms with Crippen molar-refractivity contribution in [3.8, 4) is 11.5 Å². The molecular weight excluding hydrogens is 358 g/mol. The lowest BCUT2D eigenvalue weighted by molar-refractivity contribution is -0.117. The third-order valence-electron chi connectivity index (χ3n) is 4.13. The molecule has 1 N–H and O–H groups in total. The van der Waals surface area contributed by atoms with E-state index < -0.39 is 12.5 Å². The number of anilines is 2. The van der Waals surface area contributed by atoms with Gasteiger partial charge in [0.15, 0.2) is 11.5 Å². The van der Waals surface area contributed by atoms with E-state index in [2.05, 4.69) is 10.1 Å². The third-order valence-corrected chi connectivity index (χ3v) is 4.13. The predicted molar refractivity (Wildman–Crippen MR) is 95.6 cm³/mol. The Morgan fingerprint density at radius 3 is 2.67 bits per heavy atom. The highest BCUT2D eigenvalue weighted by molar-refractivity contribution is 6.05. The van der Waals surface area contributed by atoms with Crippen LogP contribution in [-0.2, 0) is 4.79 Å². The van der Waals surface area contributed by atoms with Gasteiger partial charge in [-0.2, -0.15) is 8.78 Å². The van der Waals surface area contributed by atoms with Crippen molar-refractivity contribution in [2.45, 2.75) is 19.5 Å². The molecule has 1 heterocycles. The SMILES string of the molecule is COc1cc(C(=O)Nc2cccc(N3CCCC3=O)c2)ccc1OC(F)F. The minimum Gasteiger partial charge on any atom is -0.493 e. The minimum absolute atomic E-state index is 0.0272. The highest BCUT2D eigenvalue weighted by Crippen LogP contribution is 2.30. The van der Waals surface area contributed by atoms with Crippen molar-refractivity contribution in [2.75, 3.05) is 23.9 Å². The van der Waals surface area contributed by atoms with Crippen LogP contribution in [0.25, 0.3) is 0 Å². The number of benzene rings is 2. The van der Waals surface area contributed by atoms with Crippen LogP contribution in [0, 0.1) is 0 Å². The molecule has 1 saturated heterocycles. The summed E-state index contributed by atoms with van der Waals surface area (Å²) in [7, 11) is 1.30. The van der Waals surface area contributed by atoms with Gasteiger partial charge in [-0.15, -0.1) is 0 Å². The molecule has 1 aliphatic rings. The summed E-state index contributed by atoms with van der Waals surface area (Å²) in [6.07, 6.45) is 1.33. The van der Waals surface area contributed by atoms with E-state index in [9.17, 15) is 18.4 Å². The van der Waals surface area contributed by atoms with Crippen LogP contribution in [0.15, 0.2) is 42.5 Å². The first-order valence-corrected chi connectivity index (χ1v) is 8.32. The molecule has 142 valence electrons. The van der Waals surface area contributed by atoms with Crippen molar-refractivity contribution in [1.82, 2.24) is 0 Å². The van der Waals surface area contributed by atoms with Gasteiger partial charge in [-0.3, -0.25) is 9.59 Å². The molecule has 0 bridgehead atoms. The number of hydrogen-bond donors (Lipinski definition) is 1. The topological polar surface area (TPSA) is 67.9 Å². The fraction of sp³-hybridized carbons (Fsp3) is 0.263. The smallest absolute Gasteiger partial charge is 0.387 e. The second-order valence-corrected chi connectivity index (χ2v) is 5.90. The molecular formula is C19H18F2N2O4.